The molecule has 0 saturated heterocycles. The normalized spacial score (nSPS) is 6.86. The third-order valence-electron chi connectivity index (χ3n) is 0.566. The molecule has 0 aliphatic heterocycles. The maximum Gasteiger partial charge on any atom is 0.503 e. The molecule has 0 aliphatic carbocycles. The summed E-state index contributed by atoms with van der Waals surface area (Å²) in [6.07, 6.45) is -0.167. The van der Waals surface area contributed by atoms with Crippen LogP contribution in [0.3, 0.4) is 0 Å². The van der Waals surface area contributed by atoms with Gasteiger partial charge in [-0.25, -0.2) is 9.59 Å². The summed E-state index contributed by atoms with van der Waals surface area (Å²) in [5.74, 6) is 0. The lowest BCUT2D eigenvalue weighted by Crippen LogP contribution is -1.81. The molecule has 1 rings (SSSR count). The van der Waals surface area contributed by atoms with Crippen molar-refractivity contribution in [2.24, 2.45) is 0 Å². The van der Waals surface area contributed by atoms with Gasteiger partial charge in [-0.05, 0) is 12.1 Å². The second-order valence-electron chi connectivity index (χ2n) is 1.59. The predicted octanol–water partition coefficient (Wildman–Crippen LogP) is 1.53. The highest BCUT2D eigenvalue weighted by molar-refractivity contribution is 5.53. The van der Waals surface area contributed by atoms with E-state index in [1.807, 2.05) is 18.2 Å². The Morgan fingerprint density at radius 3 is 1.14 bits per heavy atom. The van der Waals surface area contributed by atoms with Crippen molar-refractivity contribution in [2.45, 2.75) is 0 Å². The summed E-state index contributed by atoms with van der Waals surface area (Å²) in [5.41, 5.74) is 0. The van der Waals surface area contributed by atoms with Gasteiger partial charge in [0.25, 0.3) is 0 Å². The van der Waals surface area contributed by atoms with Crippen LogP contribution in [-0.4, -0.2) is 37.7 Å². The zero-order valence-electron chi connectivity index (χ0n) is 6.94. The first-order valence-corrected chi connectivity index (χ1v) is 3.15. The van der Waals surface area contributed by atoms with Gasteiger partial charge in [0.2, 0.25) is 0 Å². The molecule has 1 aromatic rings. The maximum atomic E-state index is 8.56. The minimum absolute atomic E-state index is 1.75. The van der Waals surface area contributed by atoms with Crippen LogP contribution in [0.5, 0.6) is 0 Å². The SMILES string of the molecule is O=C(O)O.O=C(O)O.c1ccncc1. The third-order valence-corrected chi connectivity index (χ3v) is 0.566. The first-order valence-electron chi connectivity index (χ1n) is 3.15. The fraction of sp³-hybridized carbons (Fsp3) is 0. The zero-order valence-corrected chi connectivity index (χ0v) is 6.94. The van der Waals surface area contributed by atoms with Gasteiger partial charge in [0.15, 0.2) is 0 Å². The molecule has 7 nitrogen and oxygen atoms in total. The molecule has 78 valence electrons. The maximum absolute atomic E-state index is 8.56. The highest BCUT2D eigenvalue weighted by Crippen LogP contribution is 1.73. The molecule has 4 N–H and O–H groups in total. The molecule has 7 heteroatoms. The van der Waals surface area contributed by atoms with Crippen LogP contribution in [-0.2, 0) is 0 Å². The van der Waals surface area contributed by atoms with Crippen molar-refractivity contribution in [1.82, 2.24) is 4.98 Å². The first-order chi connectivity index (χ1) is 6.46. The number of hydrogen-bond donors (Lipinski definition) is 4. The van der Waals surface area contributed by atoms with Gasteiger partial charge in [0, 0.05) is 12.4 Å². The van der Waals surface area contributed by atoms with Gasteiger partial charge < -0.3 is 20.4 Å². The molecule has 1 heterocycles. The summed E-state index contributed by atoms with van der Waals surface area (Å²) in [6, 6.07) is 5.72. The molecule has 0 aliphatic rings. The topological polar surface area (TPSA) is 128 Å². The van der Waals surface area contributed by atoms with E-state index in [4.69, 9.17) is 30.0 Å². The number of carbonyl (C=O) groups is 2. The Kier molecular flexibility index (Phi) is 10.9. The summed E-state index contributed by atoms with van der Waals surface area (Å²) in [6.45, 7) is 0. The monoisotopic (exact) mass is 203 g/mol. The van der Waals surface area contributed by atoms with Gasteiger partial charge >= 0.3 is 12.3 Å². The highest BCUT2D eigenvalue weighted by atomic mass is 16.6. The van der Waals surface area contributed by atoms with Gasteiger partial charge in [-0.2, -0.15) is 0 Å². The number of rotatable bonds is 0. The van der Waals surface area contributed by atoms with Gasteiger partial charge in [-0.1, -0.05) is 6.07 Å². The molecule has 1 aromatic heterocycles. The summed E-state index contributed by atoms with van der Waals surface area (Å²) < 4.78 is 0. The number of aromatic nitrogens is 1. The lowest BCUT2D eigenvalue weighted by atomic mass is 10.5. The number of pyridine rings is 1. The average molecular weight is 203 g/mol. The Balaban J connectivity index is 0. The Morgan fingerprint density at radius 1 is 0.786 bits per heavy atom. The van der Waals surface area contributed by atoms with Crippen molar-refractivity contribution in [3.05, 3.63) is 30.6 Å². The average Bonchev–Trinajstić information content (AvgIpc) is 2.05. The summed E-state index contributed by atoms with van der Waals surface area (Å²) >= 11 is 0. The van der Waals surface area contributed by atoms with E-state index in [9.17, 15) is 0 Å². The van der Waals surface area contributed by atoms with Crippen LogP contribution in [0.15, 0.2) is 30.6 Å². The number of nitrogens with zero attached hydrogens (tertiary/aromatic N) is 1. The van der Waals surface area contributed by atoms with Crippen molar-refractivity contribution in [3.8, 4) is 0 Å². The van der Waals surface area contributed by atoms with Crippen LogP contribution >= 0.6 is 0 Å². The van der Waals surface area contributed by atoms with Gasteiger partial charge in [0.05, 0.1) is 0 Å². The molecular weight excluding hydrogens is 194 g/mol. The van der Waals surface area contributed by atoms with Crippen LogP contribution < -0.4 is 0 Å². The van der Waals surface area contributed by atoms with E-state index in [0.29, 0.717) is 0 Å². The third kappa shape index (κ3) is 53.7. The molecule has 0 atom stereocenters. The van der Waals surface area contributed by atoms with Crippen molar-refractivity contribution >= 4 is 12.3 Å². The van der Waals surface area contributed by atoms with Crippen LogP contribution in [0.1, 0.15) is 0 Å². The van der Waals surface area contributed by atoms with E-state index >= 15 is 0 Å². The Morgan fingerprint density at radius 2 is 1.07 bits per heavy atom. The van der Waals surface area contributed by atoms with E-state index in [1.165, 1.54) is 0 Å². The number of carboxylic acid groups (broad SMARTS) is 4. The van der Waals surface area contributed by atoms with Crippen molar-refractivity contribution in [3.63, 3.8) is 0 Å². The van der Waals surface area contributed by atoms with Crippen molar-refractivity contribution in [1.29, 1.82) is 0 Å². The second kappa shape index (κ2) is 10.7. The van der Waals surface area contributed by atoms with Gasteiger partial charge in [-0.15, -0.1) is 0 Å². The Bertz CT molecular complexity index is 203. The van der Waals surface area contributed by atoms with Crippen LogP contribution in [0.25, 0.3) is 0 Å². The molecule has 0 aromatic carbocycles. The van der Waals surface area contributed by atoms with Crippen molar-refractivity contribution in [2.75, 3.05) is 0 Å². The van der Waals surface area contributed by atoms with Gasteiger partial charge in [0.1, 0.15) is 0 Å². The van der Waals surface area contributed by atoms with E-state index < -0.39 is 12.3 Å². The molecule has 14 heavy (non-hydrogen) atoms. The van der Waals surface area contributed by atoms with E-state index in [1.54, 1.807) is 12.4 Å². The van der Waals surface area contributed by atoms with Gasteiger partial charge in [-0.3, -0.25) is 4.98 Å². The van der Waals surface area contributed by atoms with Crippen LogP contribution in [0.2, 0.25) is 0 Å². The van der Waals surface area contributed by atoms with E-state index in [-0.39, 0.29) is 0 Å². The molecule has 0 radical (unpaired) electrons. The molecular formula is C7H9NO6. The summed E-state index contributed by atoms with van der Waals surface area (Å²) in [4.78, 5) is 20.9. The molecule has 0 spiro atoms. The quantitative estimate of drug-likeness (QED) is 0.503. The summed E-state index contributed by atoms with van der Waals surface area (Å²) in [7, 11) is 0. The molecule has 0 bridgehead atoms. The fourth-order valence-corrected chi connectivity index (χ4v) is 0.313. The Labute approximate surface area is 78.9 Å². The predicted molar refractivity (Wildman–Crippen MR) is 45.5 cm³/mol. The first kappa shape index (κ1) is 14.2. The molecule has 0 unspecified atom stereocenters. The fourth-order valence-electron chi connectivity index (χ4n) is 0.313. The van der Waals surface area contributed by atoms with Crippen LogP contribution in [0, 0.1) is 0 Å². The minimum atomic E-state index is -1.83. The zero-order chi connectivity index (χ0) is 11.4. The minimum Gasteiger partial charge on any atom is -0.450 e. The van der Waals surface area contributed by atoms with Crippen molar-refractivity contribution < 1.29 is 30.0 Å². The highest BCUT2D eigenvalue weighted by Gasteiger charge is 1.70. The lowest BCUT2D eigenvalue weighted by molar-refractivity contribution is 0.135. The standard InChI is InChI=1S/C5H5N.2CH2O3/c1-2-4-6-5-3-1;2*2-1(3)4/h1-5H;2*(H2,2,3,4). The summed E-state index contributed by atoms with van der Waals surface area (Å²) in [5, 5.41) is 27.9. The Hall–Kier alpha value is -2.31. The molecule has 0 fully saturated rings. The van der Waals surface area contributed by atoms with Crippen LogP contribution in [0.4, 0.5) is 9.59 Å². The lowest BCUT2D eigenvalue weighted by Gasteiger charge is -1.70. The second-order valence-corrected chi connectivity index (χ2v) is 1.59. The van der Waals surface area contributed by atoms with E-state index in [0.717, 1.165) is 0 Å². The molecule has 0 saturated carbocycles. The smallest absolute Gasteiger partial charge is 0.450 e. The number of hydrogen-bond acceptors (Lipinski definition) is 3. The van der Waals surface area contributed by atoms with E-state index in [2.05, 4.69) is 4.98 Å². The molecule has 0 amide bonds. The largest absolute Gasteiger partial charge is 0.503 e.